The number of para-hydroxylation sites is 1. The number of carboxylic acids is 1. The van der Waals surface area contributed by atoms with Crippen molar-refractivity contribution in [3.8, 4) is 0 Å². The van der Waals surface area contributed by atoms with Crippen LogP contribution in [0.25, 0.3) is 17.0 Å². The number of hydrogen-bond acceptors (Lipinski definition) is 4. The molecule has 5 rings (SSSR count). The molecule has 1 fully saturated rings. The number of rotatable bonds is 8. The van der Waals surface area contributed by atoms with Gasteiger partial charge in [-0.25, -0.2) is 9.78 Å². The largest absolute Gasteiger partial charge is 0.480 e. The number of nitrogens with one attached hydrogen (secondary N) is 1. The summed E-state index contributed by atoms with van der Waals surface area (Å²) in [6.07, 6.45) is 6.08. The van der Waals surface area contributed by atoms with Gasteiger partial charge in [0.2, 0.25) is 5.78 Å². The van der Waals surface area contributed by atoms with Gasteiger partial charge in [-0.05, 0) is 50.1 Å². The molecule has 2 heterocycles. The Kier molecular flexibility index (Phi) is 6.92. The third kappa shape index (κ3) is 5.00. The molecule has 2 N–H and O–H groups in total. The van der Waals surface area contributed by atoms with Gasteiger partial charge in [-0.2, -0.15) is 0 Å². The van der Waals surface area contributed by atoms with Crippen molar-refractivity contribution in [2.45, 2.75) is 44.7 Å². The number of carboxylic acid groups (broad SMARTS) is 1. The van der Waals surface area contributed by atoms with E-state index in [1.54, 1.807) is 24.3 Å². The number of carbonyl (C=O) groups is 3. The smallest absolute Gasteiger partial charge is 0.329 e. The van der Waals surface area contributed by atoms with E-state index in [-0.39, 0.29) is 11.5 Å². The van der Waals surface area contributed by atoms with Crippen LogP contribution < -0.4 is 5.32 Å². The average Bonchev–Trinajstić information content (AvgIpc) is 3.55. The molecule has 0 bridgehead atoms. The van der Waals surface area contributed by atoms with Gasteiger partial charge in [0.05, 0.1) is 11.4 Å². The number of amides is 1. The minimum absolute atomic E-state index is 0.0503. The maximum absolute atomic E-state index is 13.4. The number of aromatic nitrogens is 2. The normalized spacial score (nSPS) is 14.7. The summed E-state index contributed by atoms with van der Waals surface area (Å²) in [5, 5.41) is 13.4. The summed E-state index contributed by atoms with van der Waals surface area (Å²) in [4.78, 5) is 42.5. The quantitative estimate of drug-likeness (QED) is 0.310. The maximum atomic E-state index is 13.4. The molecular formula is C31H29N3O4. The summed E-state index contributed by atoms with van der Waals surface area (Å²) in [5.74, 6) is -1.55. The average molecular weight is 508 g/mol. The lowest BCUT2D eigenvalue weighted by Gasteiger charge is -2.25. The van der Waals surface area contributed by atoms with Gasteiger partial charge in [-0.3, -0.25) is 9.59 Å². The number of pyridine rings is 1. The lowest BCUT2D eigenvalue weighted by molar-refractivity contribution is -0.144. The topological polar surface area (TPSA) is 101 Å². The van der Waals surface area contributed by atoms with Crippen molar-refractivity contribution in [3.05, 3.63) is 107 Å². The summed E-state index contributed by atoms with van der Waals surface area (Å²) in [6.45, 7) is 2.42. The predicted molar refractivity (Wildman–Crippen MR) is 146 cm³/mol. The number of benzene rings is 2. The second kappa shape index (κ2) is 10.5. The van der Waals surface area contributed by atoms with Crippen molar-refractivity contribution in [3.63, 3.8) is 0 Å². The minimum Gasteiger partial charge on any atom is -0.480 e. The molecule has 0 atom stereocenters. The second-order valence-electron chi connectivity index (χ2n) is 9.79. The molecule has 4 aromatic rings. The Morgan fingerprint density at radius 3 is 2.47 bits per heavy atom. The van der Waals surface area contributed by atoms with Gasteiger partial charge in [-0.1, -0.05) is 73.0 Å². The van der Waals surface area contributed by atoms with E-state index in [1.165, 1.54) is 0 Å². The van der Waals surface area contributed by atoms with E-state index in [4.69, 9.17) is 0 Å². The molecule has 0 radical (unpaired) electrons. The first-order valence-corrected chi connectivity index (χ1v) is 12.8. The molecule has 2 aromatic heterocycles. The molecule has 1 amide bonds. The molecule has 0 spiro atoms. The van der Waals surface area contributed by atoms with E-state index in [2.05, 4.69) is 10.3 Å². The molecule has 0 aliphatic heterocycles. The summed E-state index contributed by atoms with van der Waals surface area (Å²) >= 11 is 0. The standard InChI is InChI=1S/C31H29N3O4/c1-21-13-15-22(16-14-21)28(35)27-20-23-8-2-3-12-26(23)34(27)19-7-10-24-9-6-11-25(32-24)29(36)33-31(30(37)38)17-4-5-18-31/h2-3,6-16,20H,4-5,17-19H2,1H3,(H,33,36)(H,37,38)/b10-7+. The van der Waals surface area contributed by atoms with E-state index in [1.807, 2.05) is 72.2 Å². The first kappa shape index (κ1) is 25.1. The fourth-order valence-electron chi connectivity index (χ4n) is 5.05. The highest BCUT2D eigenvalue weighted by Crippen LogP contribution is 2.30. The van der Waals surface area contributed by atoms with Crippen LogP contribution in [0, 0.1) is 6.92 Å². The number of hydrogen-bond donors (Lipinski definition) is 2. The van der Waals surface area contributed by atoms with Crippen LogP contribution in [0.2, 0.25) is 0 Å². The lowest BCUT2D eigenvalue weighted by atomic mass is 9.97. The Morgan fingerprint density at radius 1 is 1.00 bits per heavy atom. The zero-order valence-electron chi connectivity index (χ0n) is 21.2. The van der Waals surface area contributed by atoms with E-state index in [0.29, 0.717) is 36.3 Å². The summed E-state index contributed by atoms with van der Waals surface area (Å²) in [5.41, 5.74) is 2.78. The van der Waals surface area contributed by atoms with Gasteiger partial charge in [0.1, 0.15) is 11.2 Å². The van der Waals surface area contributed by atoms with Gasteiger partial charge in [0, 0.05) is 23.0 Å². The van der Waals surface area contributed by atoms with Crippen LogP contribution in [-0.2, 0) is 11.3 Å². The highest BCUT2D eigenvalue weighted by molar-refractivity contribution is 6.10. The third-order valence-electron chi connectivity index (χ3n) is 7.16. The number of aliphatic carboxylic acids is 1. The van der Waals surface area contributed by atoms with Gasteiger partial charge in [0.25, 0.3) is 5.91 Å². The number of aryl methyl sites for hydroxylation is 1. The molecule has 2 aromatic carbocycles. The third-order valence-corrected chi connectivity index (χ3v) is 7.16. The van der Waals surface area contributed by atoms with Crippen LogP contribution in [0.1, 0.15) is 63.5 Å². The van der Waals surface area contributed by atoms with Crippen LogP contribution in [0.3, 0.4) is 0 Å². The summed E-state index contributed by atoms with van der Waals surface area (Å²) in [7, 11) is 0. The van der Waals surface area contributed by atoms with Crippen molar-refractivity contribution in [2.24, 2.45) is 0 Å². The van der Waals surface area contributed by atoms with Crippen LogP contribution in [-0.4, -0.2) is 37.9 Å². The highest BCUT2D eigenvalue weighted by Gasteiger charge is 2.42. The van der Waals surface area contributed by atoms with Crippen molar-refractivity contribution < 1.29 is 19.5 Å². The molecule has 38 heavy (non-hydrogen) atoms. The maximum Gasteiger partial charge on any atom is 0.329 e. The fraction of sp³-hybridized carbons (Fsp3) is 0.226. The van der Waals surface area contributed by atoms with Crippen LogP contribution in [0.15, 0.2) is 78.9 Å². The van der Waals surface area contributed by atoms with Crippen LogP contribution in [0.5, 0.6) is 0 Å². The number of nitrogens with zero attached hydrogens (tertiary/aromatic N) is 2. The van der Waals surface area contributed by atoms with Gasteiger partial charge in [0.15, 0.2) is 0 Å². The Morgan fingerprint density at radius 2 is 1.74 bits per heavy atom. The fourth-order valence-corrected chi connectivity index (χ4v) is 5.05. The molecule has 192 valence electrons. The molecule has 0 unspecified atom stereocenters. The van der Waals surface area contributed by atoms with Crippen molar-refractivity contribution in [2.75, 3.05) is 0 Å². The first-order chi connectivity index (χ1) is 18.4. The van der Waals surface area contributed by atoms with Gasteiger partial charge >= 0.3 is 5.97 Å². The van der Waals surface area contributed by atoms with E-state index < -0.39 is 17.4 Å². The second-order valence-corrected chi connectivity index (χ2v) is 9.79. The molecule has 0 saturated heterocycles. The SMILES string of the molecule is Cc1ccc(C(=O)c2cc3ccccc3n2C/C=C/c2cccc(C(=O)NC3(C(=O)O)CCCC3)n2)cc1. The van der Waals surface area contributed by atoms with Crippen molar-refractivity contribution in [1.82, 2.24) is 14.9 Å². The van der Waals surface area contributed by atoms with Gasteiger partial charge in [-0.15, -0.1) is 0 Å². The highest BCUT2D eigenvalue weighted by atomic mass is 16.4. The number of fused-ring (bicyclic) bond motifs is 1. The van der Waals surface area contributed by atoms with E-state index in [9.17, 15) is 19.5 Å². The number of carbonyl (C=O) groups excluding carboxylic acids is 2. The first-order valence-electron chi connectivity index (χ1n) is 12.8. The number of ketones is 1. The number of allylic oxidation sites excluding steroid dienone is 1. The monoisotopic (exact) mass is 507 g/mol. The molecule has 7 nitrogen and oxygen atoms in total. The Hall–Kier alpha value is -4.52. The predicted octanol–water partition coefficient (Wildman–Crippen LogP) is 5.42. The molecule has 7 heteroatoms. The van der Waals surface area contributed by atoms with Crippen LogP contribution in [0.4, 0.5) is 0 Å². The molecule has 1 aliphatic rings. The lowest BCUT2D eigenvalue weighted by Crippen LogP contribution is -2.52. The summed E-state index contributed by atoms with van der Waals surface area (Å²) < 4.78 is 1.97. The van der Waals surface area contributed by atoms with Crippen LogP contribution >= 0.6 is 0 Å². The van der Waals surface area contributed by atoms with Crippen molar-refractivity contribution in [1.29, 1.82) is 0 Å². The summed E-state index contributed by atoms with van der Waals surface area (Å²) in [6, 6.07) is 22.4. The Balaban J connectivity index is 1.37. The van der Waals surface area contributed by atoms with Crippen molar-refractivity contribution >= 4 is 34.6 Å². The van der Waals surface area contributed by atoms with Gasteiger partial charge < -0.3 is 15.0 Å². The molecule has 1 aliphatic carbocycles. The Bertz CT molecular complexity index is 1540. The van der Waals surface area contributed by atoms with E-state index in [0.717, 1.165) is 29.3 Å². The Labute approximate surface area is 220 Å². The van der Waals surface area contributed by atoms with E-state index >= 15 is 0 Å². The minimum atomic E-state index is -1.22. The zero-order chi connectivity index (χ0) is 26.7. The molecule has 1 saturated carbocycles. The zero-order valence-corrected chi connectivity index (χ0v) is 21.2. The molecular weight excluding hydrogens is 478 g/mol.